The summed E-state index contributed by atoms with van der Waals surface area (Å²) in [4.78, 5) is 12.4. The molecule has 0 spiro atoms. The first-order valence-electron chi connectivity index (χ1n) is 8.35. The summed E-state index contributed by atoms with van der Waals surface area (Å²) in [5.74, 6) is -0.372. The molecule has 0 aromatic heterocycles. The first-order chi connectivity index (χ1) is 11.8. The molecule has 130 valence electrons. The molecule has 3 rings (SSSR count). The average molecular weight is 339 g/mol. The Labute approximate surface area is 147 Å². The van der Waals surface area contributed by atoms with Crippen molar-refractivity contribution in [2.75, 3.05) is 0 Å². The summed E-state index contributed by atoms with van der Waals surface area (Å²) in [6, 6.07) is 14.0. The van der Waals surface area contributed by atoms with Crippen molar-refractivity contribution in [3.05, 3.63) is 77.1 Å². The Kier molecular flexibility index (Phi) is 4.62. The van der Waals surface area contributed by atoms with Gasteiger partial charge in [-0.05, 0) is 49.6 Å². The van der Waals surface area contributed by atoms with Crippen molar-refractivity contribution in [1.82, 2.24) is 5.32 Å². The van der Waals surface area contributed by atoms with E-state index >= 15 is 0 Å². The van der Waals surface area contributed by atoms with Crippen LogP contribution in [0.4, 0.5) is 9.18 Å². The highest BCUT2D eigenvalue weighted by atomic mass is 19.1. The number of fused-ring (bicyclic) bond motifs is 1. The van der Waals surface area contributed by atoms with E-state index in [4.69, 9.17) is 4.74 Å². The minimum atomic E-state index is -0.570. The Morgan fingerprint density at radius 1 is 1.08 bits per heavy atom. The predicted molar refractivity (Wildman–Crippen MR) is 96.7 cm³/mol. The van der Waals surface area contributed by atoms with E-state index in [-0.39, 0.29) is 17.8 Å². The van der Waals surface area contributed by atoms with E-state index in [1.54, 1.807) is 12.1 Å². The zero-order valence-corrected chi connectivity index (χ0v) is 14.6. The number of alkyl carbamates (subject to hydrolysis) is 1. The molecule has 25 heavy (non-hydrogen) atoms. The highest BCUT2D eigenvalue weighted by Gasteiger charge is 2.30. The Hall–Kier alpha value is -2.62. The Balaban J connectivity index is 1.94. The van der Waals surface area contributed by atoms with E-state index in [1.165, 1.54) is 12.1 Å². The van der Waals surface area contributed by atoms with Gasteiger partial charge < -0.3 is 10.1 Å². The quantitative estimate of drug-likeness (QED) is 0.816. The molecule has 2 atom stereocenters. The van der Waals surface area contributed by atoms with Gasteiger partial charge in [-0.3, -0.25) is 0 Å². The third-order valence-corrected chi connectivity index (χ3v) is 4.10. The third-order valence-electron chi connectivity index (χ3n) is 4.10. The standard InChI is InChI=1S/C21H22FNO2/c1-21(2,3)25-20(24)23-19-17-7-5-4-6-14(17)10-13-18(19)15-8-11-16(22)12-9-15/h4-13,18-19H,1-3H3,(H,23,24)/t18-,19-/m0/s1. The molecule has 0 saturated carbocycles. The smallest absolute Gasteiger partial charge is 0.408 e. The van der Waals surface area contributed by atoms with E-state index in [0.717, 1.165) is 16.7 Å². The summed E-state index contributed by atoms with van der Waals surface area (Å²) >= 11 is 0. The normalized spacial score (nSPS) is 19.2. The summed E-state index contributed by atoms with van der Waals surface area (Å²) in [5.41, 5.74) is 2.44. The molecule has 0 saturated heterocycles. The van der Waals surface area contributed by atoms with Crippen LogP contribution in [0.1, 0.15) is 49.4 Å². The molecule has 2 aromatic carbocycles. The predicted octanol–water partition coefficient (Wildman–Crippen LogP) is 5.20. The zero-order valence-electron chi connectivity index (χ0n) is 14.6. The maximum atomic E-state index is 13.3. The van der Waals surface area contributed by atoms with Crippen LogP contribution < -0.4 is 5.32 Å². The summed E-state index contributed by atoms with van der Waals surface area (Å²) in [6.07, 6.45) is 3.61. The number of hydrogen-bond acceptors (Lipinski definition) is 2. The minimum absolute atomic E-state index is 0.0944. The summed E-state index contributed by atoms with van der Waals surface area (Å²) < 4.78 is 18.7. The van der Waals surface area contributed by atoms with Gasteiger partial charge in [-0.15, -0.1) is 0 Å². The SMILES string of the molecule is CC(C)(C)OC(=O)N[C@H]1c2ccccc2C=C[C@H]1c1ccc(F)cc1. The first-order valence-corrected chi connectivity index (χ1v) is 8.35. The van der Waals surface area contributed by atoms with Gasteiger partial charge in [0, 0.05) is 5.92 Å². The molecule has 1 amide bonds. The van der Waals surface area contributed by atoms with Crippen molar-refractivity contribution in [2.24, 2.45) is 0 Å². The molecule has 0 aliphatic heterocycles. The number of benzene rings is 2. The van der Waals surface area contributed by atoms with E-state index in [9.17, 15) is 9.18 Å². The zero-order chi connectivity index (χ0) is 18.0. The molecule has 0 unspecified atom stereocenters. The van der Waals surface area contributed by atoms with Crippen molar-refractivity contribution in [2.45, 2.75) is 38.3 Å². The number of carbonyl (C=O) groups excluding carboxylic acids is 1. The van der Waals surface area contributed by atoms with Crippen LogP contribution in [0.25, 0.3) is 6.08 Å². The van der Waals surface area contributed by atoms with Crippen LogP contribution in [0, 0.1) is 5.82 Å². The van der Waals surface area contributed by atoms with Crippen LogP contribution in [-0.2, 0) is 4.74 Å². The van der Waals surface area contributed by atoms with Gasteiger partial charge in [0.15, 0.2) is 0 Å². The van der Waals surface area contributed by atoms with Crippen LogP contribution in [0.15, 0.2) is 54.6 Å². The lowest BCUT2D eigenvalue weighted by molar-refractivity contribution is 0.0499. The minimum Gasteiger partial charge on any atom is -0.444 e. The van der Waals surface area contributed by atoms with E-state index in [0.29, 0.717) is 0 Å². The number of carbonyl (C=O) groups is 1. The molecule has 1 aliphatic carbocycles. The van der Waals surface area contributed by atoms with Gasteiger partial charge in [0.2, 0.25) is 0 Å². The first kappa shape index (κ1) is 17.2. The van der Waals surface area contributed by atoms with Crippen molar-refractivity contribution >= 4 is 12.2 Å². The molecule has 0 fully saturated rings. The summed E-state index contributed by atoms with van der Waals surface area (Å²) in [6.45, 7) is 5.50. The Bertz CT molecular complexity index is 790. The molecule has 0 radical (unpaired) electrons. The fourth-order valence-electron chi connectivity index (χ4n) is 3.05. The molecule has 3 nitrogen and oxygen atoms in total. The second-order valence-corrected chi connectivity index (χ2v) is 7.19. The molecular formula is C21H22FNO2. The summed E-state index contributed by atoms with van der Waals surface area (Å²) in [7, 11) is 0. The number of ether oxygens (including phenoxy) is 1. The van der Waals surface area contributed by atoms with Crippen LogP contribution in [0.5, 0.6) is 0 Å². The topological polar surface area (TPSA) is 38.3 Å². The molecular weight excluding hydrogens is 317 g/mol. The number of amides is 1. The van der Waals surface area contributed by atoms with Crippen LogP contribution in [0.3, 0.4) is 0 Å². The van der Waals surface area contributed by atoms with E-state index in [2.05, 4.69) is 5.32 Å². The van der Waals surface area contributed by atoms with Crippen molar-refractivity contribution in [3.63, 3.8) is 0 Å². The fourth-order valence-corrected chi connectivity index (χ4v) is 3.05. The van der Waals surface area contributed by atoms with Gasteiger partial charge in [-0.2, -0.15) is 0 Å². The number of rotatable bonds is 2. The van der Waals surface area contributed by atoms with Gasteiger partial charge in [0.05, 0.1) is 6.04 Å². The van der Waals surface area contributed by atoms with Gasteiger partial charge >= 0.3 is 6.09 Å². The van der Waals surface area contributed by atoms with Gasteiger partial charge in [-0.25, -0.2) is 9.18 Å². The maximum absolute atomic E-state index is 13.3. The highest BCUT2D eigenvalue weighted by molar-refractivity contribution is 5.70. The largest absolute Gasteiger partial charge is 0.444 e. The molecule has 0 heterocycles. The molecule has 1 aliphatic rings. The monoisotopic (exact) mass is 339 g/mol. The number of nitrogens with one attached hydrogen (secondary N) is 1. The lowest BCUT2D eigenvalue weighted by Crippen LogP contribution is -2.37. The van der Waals surface area contributed by atoms with E-state index in [1.807, 2.05) is 57.2 Å². The Morgan fingerprint density at radius 3 is 2.44 bits per heavy atom. The van der Waals surface area contributed by atoms with Crippen LogP contribution in [-0.4, -0.2) is 11.7 Å². The average Bonchev–Trinajstić information content (AvgIpc) is 2.54. The third kappa shape index (κ3) is 4.08. The van der Waals surface area contributed by atoms with E-state index < -0.39 is 11.7 Å². The van der Waals surface area contributed by atoms with Crippen molar-refractivity contribution in [1.29, 1.82) is 0 Å². The van der Waals surface area contributed by atoms with Gasteiger partial charge in [0.1, 0.15) is 11.4 Å². The molecule has 0 bridgehead atoms. The molecule has 2 aromatic rings. The Morgan fingerprint density at radius 2 is 1.76 bits per heavy atom. The fraction of sp³-hybridized carbons (Fsp3) is 0.286. The maximum Gasteiger partial charge on any atom is 0.408 e. The molecule has 1 N–H and O–H groups in total. The highest BCUT2D eigenvalue weighted by Crippen LogP contribution is 2.38. The lowest BCUT2D eigenvalue weighted by atomic mass is 9.81. The van der Waals surface area contributed by atoms with Crippen LogP contribution >= 0.6 is 0 Å². The van der Waals surface area contributed by atoms with Gasteiger partial charge in [-0.1, -0.05) is 48.6 Å². The second kappa shape index (κ2) is 6.71. The van der Waals surface area contributed by atoms with Gasteiger partial charge in [0.25, 0.3) is 0 Å². The lowest BCUT2D eigenvalue weighted by Gasteiger charge is -2.32. The number of hydrogen-bond donors (Lipinski definition) is 1. The second-order valence-electron chi connectivity index (χ2n) is 7.19. The van der Waals surface area contributed by atoms with Crippen molar-refractivity contribution in [3.8, 4) is 0 Å². The van der Waals surface area contributed by atoms with Crippen LogP contribution in [0.2, 0.25) is 0 Å². The molecule has 4 heteroatoms. The van der Waals surface area contributed by atoms with Crippen molar-refractivity contribution < 1.29 is 13.9 Å². The summed E-state index contributed by atoms with van der Waals surface area (Å²) in [5, 5.41) is 2.99. The number of halogens is 1.